The van der Waals surface area contributed by atoms with Gasteiger partial charge in [-0.3, -0.25) is 14.5 Å². The van der Waals surface area contributed by atoms with Gasteiger partial charge in [-0.2, -0.15) is 0 Å². The molecule has 2 N–H and O–H groups in total. The minimum atomic E-state index is -0.756. The van der Waals surface area contributed by atoms with E-state index in [0.29, 0.717) is 42.3 Å². The van der Waals surface area contributed by atoms with Crippen LogP contribution >= 0.6 is 0 Å². The van der Waals surface area contributed by atoms with E-state index in [4.69, 9.17) is 9.47 Å². The van der Waals surface area contributed by atoms with Gasteiger partial charge in [0, 0.05) is 24.2 Å². The van der Waals surface area contributed by atoms with Crippen molar-refractivity contribution in [3.63, 3.8) is 0 Å². The van der Waals surface area contributed by atoms with Gasteiger partial charge in [0.2, 0.25) is 0 Å². The van der Waals surface area contributed by atoms with Crippen LogP contribution in [0.25, 0.3) is 0 Å². The molecule has 0 aliphatic heterocycles. The lowest BCUT2D eigenvalue weighted by atomic mass is 10.1. The van der Waals surface area contributed by atoms with Crippen LogP contribution in [-0.2, 0) is 0 Å². The Labute approximate surface area is 220 Å². The molecule has 8 nitrogen and oxygen atoms in total. The topological polar surface area (TPSA) is 99.5 Å². The van der Waals surface area contributed by atoms with Gasteiger partial charge >= 0.3 is 0 Å². The van der Waals surface area contributed by atoms with Crippen LogP contribution in [0.2, 0.25) is 0 Å². The molecule has 0 amide bonds. The fourth-order valence-electron chi connectivity index (χ4n) is 3.97. The Morgan fingerprint density at radius 2 is 1.08 bits per heavy atom. The summed E-state index contributed by atoms with van der Waals surface area (Å²) in [4.78, 5) is 27.2. The first-order valence-electron chi connectivity index (χ1n) is 13.0. The number of rotatable bonds is 18. The Balaban J connectivity index is 1.89. The van der Waals surface area contributed by atoms with E-state index < -0.39 is 12.2 Å². The summed E-state index contributed by atoms with van der Waals surface area (Å²) in [5.74, 6) is 1.15. The molecule has 2 aromatic carbocycles. The third-order valence-corrected chi connectivity index (χ3v) is 6.19. The zero-order chi connectivity index (χ0) is 27.2. The average Bonchev–Trinajstić information content (AvgIpc) is 2.89. The number of hydrogen-bond donors (Lipinski definition) is 2. The number of benzene rings is 2. The number of aliphatic hydroxyl groups excluding tert-OH is 2. The number of carbonyl (C=O) groups excluding carboxylic acids is 2. The number of Topliss-reactive ketones (excluding diaryl/α,β-unsaturated/α-hetero) is 2. The van der Waals surface area contributed by atoms with Gasteiger partial charge in [0.05, 0.1) is 0 Å². The summed E-state index contributed by atoms with van der Waals surface area (Å²) >= 11 is 0. The van der Waals surface area contributed by atoms with Crippen LogP contribution in [0.1, 0.15) is 54.8 Å². The molecule has 8 heteroatoms. The lowest BCUT2D eigenvalue weighted by Crippen LogP contribution is -2.42. The number of carbonyl (C=O) groups is 2. The van der Waals surface area contributed by atoms with E-state index in [-0.39, 0.29) is 24.8 Å². The van der Waals surface area contributed by atoms with Crippen molar-refractivity contribution in [2.45, 2.75) is 46.3 Å². The molecule has 0 saturated carbocycles. The Kier molecular flexibility index (Phi) is 13.3. The molecule has 0 spiro atoms. The average molecular weight is 515 g/mol. The molecule has 37 heavy (non-hydrogen) atoms. The zero-order valence-corrected chi connectivity index (χ0v) is 22.6. The maximum Gasteiger partial charge on any atom is 0.159 e. The second-order valence-corrected chi connectivity index (χ2v) is 9.23. The van der Waals surface area contributed by atoms with Crippen LogP contribution in [0, 0.1) is 0 Å². The minimum Gasteiger partial charge on any atom is -0.491 e. The lowest BCUT2D eigenvalue weighted by Gasteiger charge is -2.28. The molecule has 2 unspecified atom stereocenters. The van der Waals surface area contributed by atoms with Gasteiger partial charge in [-0.1, -0.05) is 13.8 Å². The highest BCUT2D eigenvalue weighted by Crippen LogP contribution is 2.14. The molecule has 0 aliphatic rings. The van der Waals surface area contributed by atoms with Crippen molar-refractivity contribution in [3.05, 3.63) is 59.7 Å². The van der Waals surface area contributed by atoms with Gasteiger partial charge in [-0.15, -0.1) is 0 Å². The van der Waals surface area contributed by atoms with Crippen molar-refractivity contribution >= 4 is 11.6 Å². The molecule has 2 atom stereocenters. The molecule has 0 aromatic heterocycles. The van der Waals surface area contributed by atoms with Crippen LogP contribution in [0.4, 0.5) is 0 Å². The molecule has 2 rings (SSSR count). The van der Waals surface area contributed by atoms with Gasteiger partial charge in [0.1, 0.15) is 36.9 Å². The van der Waals surface area contributed by atoms with Crippen molar-refractivity contribution in [1.29, 1.82) is 0 Å². The summed E-state index contributed by atoms with van der Waals surface area (Å²) in [6, 6.07) is 13.7. The first-order chi connectivity index (χ1) is 17.7. The summed E-state index contributed by atoms with van der Waals surface area (Å²) in [7, 11) is 0. The summed E-state index contributed by atoms with van der Waals surface area (Å²) in [6.45, 7) is 11.8. The van der Waals surface area contributed by atoms with E-state index in [1.54, 1.807) is 48.5 Å². The predicted molar refractivity (Wildman–Crippen MR) is 145 cm³/mol. The first-order valence-corrected chi connectivity index (χ1v) is 13.0. The third-order valence-electron chi connectivity index (χ3n) is 6.19. The van der Waals surface area contributed by atoms with Crippen molar-refractivity contribution in [2.75, 3.05) is 52.5 Å². The van der Waals surface area contributed by atoms with Gasteiger partial charge in [-0.25, -0.2) is 0 Å². The predicted octanol–water partition coefficient (Wildman–Crippen LogP) is 3.31. The lowest BCUT2D eigenvalue weighted by molar-refractivity contribution is 0.0300. The standard InChI is InChI=1S/C29H42N2O6/c1-5-30(6-2)16-7-17-31(18-26(34)20-36-28-12-8-24(9-13-28)22(3)32)19-27(35)21-37-29-14-10-25(11-15-29)23(4)33/h8-15,26-27,34-35H,5-7,16-21H2,1-4H3. The molecule has 0 aliphatic carbocycles. The molecular weight excluding hydrogens is 472 g/mol. The fraction of sp³-hybridized carbons (Fsp3) is 0.517. The maximum atomic E-state index is 11.4. The summed E-state index contributed by atoms with van der Waals surface area (Å²) < 4.78 is 11.4. The van der Waals surface area contributed by atoms with E-state index in [0.717, 1.165) is 26.1 Å². The first kappa shape index (κ1) is 30.4. The van der Waals surface area contributed by atoms with Crippen molar-refractivity contribution in [1.82, 2.24) is 9.80 Å². The monoisotopic (exact) mass is 514 g/mol. The van der Waals surface area contributed by atoms with Gasteiger partial charge < -0.3 is 24.6 Å². The summed E-state index contributed by atoms with van der Waals surface area (Å²) in [6.07, 6.45) is -0.608. The Morgan fingerprint density at radius 1 is 0.703 bits per heavy atom. The van der Waals surface area contributed by atoms with Gasteiger partial charge in [0.25, 0.3) is 0 Å². The molecule has 0 heterocycles. The van der Waals surface area contributed by atoms with Crippen molar-refractivity contribution in [2.24, 2.45) is 0 Å². The molecule has 0 bridgehead atoms. The van der Waals surface area contributed by atoms with Gasteiger partial charge in [0.15, 0.2) is 11.6 Å². The number of ketones is 2. The minimum absolute atomic E-state index is 0.0115. The van der Waals surface area contributed by atoms with Crippen LogP contribution in [0.5, 0.6) is 11.5 Å². The number of nitrogens with zero attached hydrogens (tertiary/aromatic N) is 2. The van der Waals surface area contributed by atoms with Gasteiger partial charge in [-0.05, 0) is 95.0 Å². The number of aliphatic hydroxyl groups is 2. The quantitative estimate of drug-likeness (QED) is 0.292. The molecule has 0 saturated heterocycles. The van der Waals surface area contributed by atoms with Crippen LogP contribution < -0.4 is 9.47 Å². The number of ether oxygens (including phenoxy) is 2. The second-order valence-electron chi connectivity index (χ2n) is 9.23. The Hall–Kier alpha value is -2.78. The molecule has 204 valence electrons. The van der Waals surface area contributed by atoms with E-state index >= 15 is 0 Å². The van der Waals surface area contributed by atoms with Crippen LogP contribution in [0.3, 0.4) is 0 Å². The van der Waals surface area contributed by atoms with E-state index in [1.165, 1.54) is 13.8 Å². The SMILES string of the molecule is CCN(CC)CCCN(CC(O)COc1ccc(C(C)=O)cc1)CC(O)COc1ccc(C(C)=O)cc1. The smallest absolute Gasteiger partial charge is 0.159 e. The molecule has 0 radical (unpaired) electrons. The van der Waals surface area contributed by atoms with E-state index in [9.17, 15) is 19.8 Å². The maximum absolute atomic E-state index is 11.4. The third kappa shape index (κ3) is 11.4. The Bertz CT molecular complexity index is 874. The summed E-state index contributed by atoms with van der Waals surface area (Å²) in [5.41, 5.74) is 1.22. The van der Waals surface area contributed by atoms with E-state index in [2.05, 4.69) is 18.7 Å². The highest BCUT2D eigenvalue weighted by atomic mass is 16.5. The van der Waals surface area contributed by atoms with Crippen LogP contribution in [0.15, 0.2) is 48.5 Å². The van der Waals surface area contributed by atoms with Crippen molar-refractivity contribution < 1.29 is 29.3 Å². The normalized spacial score (nSPS) is 13.0. The van der Waals surface area contributed by atoms with Crippen LogP contribution in [-0.4, -0.2) is 96.3 Å². The molecule has 0 fully saturated rings. The number of hydrogen-bond acceptors (Lipinski definition) is 8. The zero-order valence-electron chi connectivity index (χ0n) is 22.6. The fourth-order valence-corrected chi connectivity index (χ4v) is 3.97. The highest BCUT2D eigenvalue weighted by Gasteiger charge is 2.17. The van der Waals surface area contributed by atoms with Crippen molar-refractivity contribution in [3.8, 4) is 11.5 Å². The highest BCUT2D eigenvalue weighted by molar-refractivity contribution is 5.94. The molecule has 2 aromatic rings. The second kappa shape index (κ2) is 16.1. The largest absolute Gasteiger partial charge is 0.491 e. The van der Waals surface area contributed by atoms with E-state index in [1.807, 2.05) is 4.90 Å². The summed E-state index contributed by atoms with van der Waals surface area (Å²) in [5, 5.41) is 21.3. The Morgan fingerprint density at radius 3 is 1.43 bits per heavy atom. The molecular formula is C29H42N2O6.